The van der Waals surface area contributed by atoms with E-state index in [9.17, 15) is 20.1 Å². The number of hydrogen-bond acceptors (Lipinski definition) is 6. The lowest BCUT2D eigenvalue weighted by Gasteiger charge is -2.57. The number of phenols is 3. The summed E-state index contributed by atoms with van der Waals surface area (Å²) < 4.78 is 8.16. The number of fused-ring (bicyclic) bond motifs is 6. The summed E-state index contributed by atoms with van der Waals surface area (Å²) in [5.74, 6) is -0.489. The van der Waals surface area contributed by atoms with E-state index in [1.807, 2.05) is 12.4 Å². The molecule has 0 amide bonds. The largest absolute Gasteiger partial charge is 0.504 e. The van der Waals surface area contributed by atoms with Crippen molar-refractivity contribution in [3.8, 4) is 17.2 Å². The molecule has 0 bridgehead atoms. The van der Waals surface area contributed by atoms with Crippen LogP contribution >= 0.6 is 0 Å². The van der Waals surface area contributed by atoms with Gasteiger partial charge in [-0.25, -0.2) is 9.78 Å². The lowest BCUT2D eigenvalue weighted by Crippen LogP contribution is -2.50. The van der Waals surface area contributed by atoms with Crippen LogP contribution in [0, 0.1) is 28.6 Å². The Hall–Kier alpha value is -3.74. The van der Waals surface area contributed by atoms with Crippen molar-refractivity contribution in [2.24, 2.45) is 28.6 Å². The highest BCUT2D eigenvalue weighted by molar-refractivity contribution is 5.91. The summed E-state index contributed by atoms with van der Waals surface area (Å²) in [7, 11) is 0. The number of ether oxygens (including phenoxy) is 1. The Morgan fingerprint density at radius 3 is 2.52 bits per heavy atom. The van der Waals surface area contributed by atoms with Crippen LogP contribution in [0.1, 0.15) is 69.2 Å². The fourth-order valence-corrected chi connectivity index (χ4v) is 8.74. The van der Waals surface area contributed by atoms with E-state index in [1.165, 1.54) is 23.2 Å². The minimum Gasteiger partial charge on any atom is -0.504 e. The molecule has 7 nitrogen and oxygen atoms in total. The molecule has 1 aromatic heterocycles. The molecule has 4 aliphatic carbocycles. The fraction of sp³-hybridized carbons (Fsp3) is 0.455. The van der Waals surface area contributed by atoms with Gasteiger partial charge in [-0.1, -0.05) is 43.7 Å². The molecule has 0 spiro atoms. The molecule has 208 valence electrons. The quantitative estimate of drug-likeness (QED) is 0.192. The highest BCUT2D eigenvalue weighted by Crippen LogP contribution is 2.65. The van der Waals surface area contributed by atoms with Crippen molar-refractivity contribution >= 4 is 22.7 Å². The molecule has 2 fully saturated rings. The molecule has 7 rings (SSSR count). The van der Waals surface area contributed by atoms with Gasteiger partial charge in [0.15, 0.2) is 17.2 Å². The third-order valence-corrected chi connectivity index (χ3v) is 10.9. The lowest BCUT2D eigenvalue weighted by molar-refractivity contribution is -0.0315. The van der Waals surface area contributed by atoms with E-state index in [2.05, 4.69) is 53.7 Å². The van der Waals surface area contributed by atoms with Gasteiger partial charge in [0.25, 0.3) is 0 Å². The summed E-state index contributed by atoms with van der Waals surface area (Å²) in [5, 5.41) is 29.2. The Kier molecular flexibility index (Phi) is 5.61. The lowest BCUT2D eigenvalue weighted by atomic mass is 9.47. The second-order valence-corrected chi connectivity index (χ2v) is 12.8. The molecular weight excluding hydrogens is 504 g/mol. The molecule has 7 heteroatoms. The van der Waals surface area contributed by atoms with Crippen molar-refractivity contribution < 1.29 is 24.9 Å². The van der Waals surface area contributed by atoms with Crippen LogP contribution in [-0.2, 0) is 4.74 Å². The van der Waals surface area contributed by atoms with Gasteiger partial charge in [0.2, 0.25) is 0 Å². The van der Waals surface area contributed by atoms with Gasteiger partial charge in [0, 0.05) is 17.5 Å². The van der Waals surface area contributed by atoms with Crippen LogP contribution < -0.4 is 0 Å². The molecule has 2 saturated carbocycles. The van der Waals surface area contributed by atoms with E-state index >= 15 is 0 Å². The summed E-state index contributed by atoms with van der Waals surface area (Å²) in [4.78, 5) is 17.5. The molecule has 0 aliphatic heterocycles. The van der Waals surface area contributed by atoms with Gasteiger partial charge in [-0.2, -0.15) is 0 Å². The van der Waals surface area contributed by atoms with Crippen LogP contribution in [0.4, 0.5) is 0 Å². The topological polar surface area (TPSA) is 105 Å². The second kappa shape index (κ2) is 8.88. The molecule has 0 saturated heterocycles. The van der Waals surface area contributed by atoms with Crippen LogP contribution in [0.3, 0.4) is 0 Å². The Balaban J connectivity index is 1.09. The van der Waals surface area contributed by atoms with Crippen LogP contribution in [0.25, 0.3) is 16.7 Å². The number of allylic oxidation sites excluding steroid dienone is 3. The van der Waals surface area contributed by atoms with Gasteiger partial charge < -0.3 is 24.6 Å². The average Bonchev–Trinajstić information content (AvgIpc) is 3.52. The maximum absolute atomic E-state index is 12.8. The minimum absolute atomic E-state index is 0.0283. The first kappa shape index (κ1) is 25.2. The molecule has 3 aromatic rings. The number of esters is 1. The first-order chi connectivity index (χ1) is 19.2. The molecule has 3 unspecified atom stereocenters. The van der Waals surface area contributed by atoms with Crippen LogP contribution in [0.15, 0.2) is 60.5 Å². The highest BCUT2D eigenvalue weighted by Gasteiger charge is 2.57. The first-order valence-corrected chi connectivity index (χ1v) is 14.5. The minimum atomic E-state index is -0.640. The Bertz CT molecular complexity index is 1560. The number of aromatic hydroxyl groups is 3. The van der Waals surface area contributed by atoms with Gasteiger partial charge in [-0.3, -0.25) is 0 Å². The van der Waals surface area contributed by atoms with Crippen molar-refractivity contribution in [1.82, 2.24) is 9.55 Å². The Morgan fingerprint density at radius 2 is 1.73 bits per heavy atom. The normalized spacial score (nSPS) is 33.0. The van der Waals surface area contributed by atoms with Crippen LogP contribution in [0.2, 0.25) is 0 Å². The van der Waals surface area contributed by atoms with Crippen molar-refractivity contribution in [1.29, 1.82) is 0 Å². The molecule has 40 heavy (non-hydrogen) atoms. The van der Waals surface area contributed by atoms with E-state index < -0.39 is 23.2 Å². The molecule has 2 aromatic carbocycles. The number of benzene rings is 2. The van der Waals surface area contributed by atoms with Crippen molar-refractivity contribution in [3.05, 3.63) is 66.0 Å². The molecule has 4 aliphatic rings. The number of phenolic OH excluding ortho intramolecular Hbond substituents is 3. The smallest absolute Gasteiger partial charge is 0.338 e. The van der Waals surface area contributed by atoms with Crippen LogP contribution in [-0.4, -0.2) is 36.9 Å². The summed E-state index contributed by atoms with van der Waals surface area (Å²) >= 11 is 0. The molecule has 1 heterocycles. The van der Waals surface area contributed by atoms with Gasteiger partial charge in [0.1, 0.15) is 12.4 Å². The van der Waals surface area contributed by atoms with Gasteiger partial charge >= 0.3 is 5.97 Å². The predicted octanol–water partition coefficient (Wildman–Crippen LogP) is 6.79. The van der Waals surface area contributed by atoms with Crippen LogP contribution in [0.5, 0.6) is 17.2 Å². The maximum Gasteiger partial charge on any atom is 0.338 e. The summed E-state index contributed by atoms with van der Waals surface area (Å²) in [6, 6.07) is 10.6. The third-order valence-electron chi connectivity index (χ3n) is 10.9. The predicted molar refractivity (Wildman–Crippen MR) is 152 cm³/mol. The highest BCUT2D eigenvalue weighted by atomic mass is 16.5. The summed E-state index contributed by atoms with van der Waals surface area (Å²) in [6.07, 6.45) is 13.6. The number of aromatic nitrogens is 2. The Morgan fingerprint density at radius 1 is 0.975 bits per heavy atom. The monoisotopic (exact) mass is 540 g/mol. The zero-order valence-electron chi connectivity index (χ0n) is 23.0. The van der Waals surface area contributed by atoms with Gasteiger partial charge in [-0.15, -0.1) is 0 Å². The van der Waals surface area contributed by atoms with Crippen molar-refractivity contribution in [3.63, 3.8) is 0 Å². The average molecular weight is 541 g/mol. The van der Waals surface area contributed by atoms with E-state index in [-0.39, 0.29) is 22.5 Å². The number of carbonyl (C=O) groups excluding carboxylic acids is 1. The maximum atomic E-state index is 12.8. The third kappa shape index (κ3) is 3.62. The van der Waals surface area contributed by atoms with E-state index in [1.54, 1.807) is 0 Å². The Labute approximate surface area is 233 Å². The number of imidazole rings is 1. The first-order valence-electron chi connectivity index (χ1n) is 14.5. The number of hydrogen-bond donors (Lipinski definition) is 3. The van der Waals surface area contributed by atoms with Crippen molar-refractivity contribution in [2.45, 2.75) is 64.9 Å². The molecule has 3 N–H and O–H groups in total. The second-order valence-electron chi connectivity index (χ2n) is 12.8. The number of carbonyl (C=O) groups is 1. The van der Waals surface area contributed by atoms with E-state index in [0.29, 0.717) is 24.2 Å². The van der Waals surface area contributed by atoms with Crippen molar-refractivity contribution in [2.75, 3.05) is 0 Å². The summed E-state index contributed by atoms with van der Waals surface area (Å²) in [5.41, 5.74) is 5.30. The van der Waals surface area contributed by atoms with Gasteiger partial charge in [-0.05, 0) is 86.0 Å². The number of rotatable bonds is 3. The zero-order chi connectivity index (χ0) is 27.8. The number of para-hydroxylation sites is 2. The van der Waals surface area contributed by atoms with E-state index in [4.69, 9.17) is 4.74 Å². The van der Waals surface area contributed by atoms with Gasteiger partial charge in [0.05, 0.1) is 16.6 Å². The summed E-state index contributed by atoms with van der Waals surface area (Å²) in [6.45, 7) is 4.90. The van der Waals surface area contributed by atoms with E-state index in [0.717, 1.165) is 49.8 Å². The molecular formula is C33H36N2O5. The molecule has 0 radical (unpaired) electrons. The number of nitrogens with zero attached hydrogens (tertiary/aromatic N) is 2. The standard InChI is InChI=1S/C33H36N2O5/c1-32-13-11-21(40-31(39)19-15-27(36)30(38)28(37)16-19)17-20(32)7-8-22-23-9-10-29(33(23,2)14-12-24(22)32)35-18-34-25-5-3-4-6-26(25)35/h3-7,10,15-16,18,21-24,36-38H,8-9,11-14,17H2,1-2H3/t21-,22?,23?,24?,32-,33-/m0/s1. The zero-order valence-corrected chi connectivity index (χ0v) is 23.0. The fourth-order valence-electron chi connectivity index (χ4n) is 8.74. The SMILES string of the molecule is C[C@]12CC[C@H](OC(=O)c3cc(O)c(O)c(O)c3)CC1=CCC1C2CC[C@]2(C)C(n3cnc4ccccc43)=CCC12. The molecule has 6 atom stereocenters.